The lowest BCUT2D eigenvalue weighted by atomic mass is 9.45. The fraction of sp³-hybridized carbons (Fsp3) is 0.533. The molecule has 8 nitrogen and oxygen atoms in total. The topological polar surface area (TPSA) is 112 Å². The minimum atomic E-state index is -1.06. The van der Waals surface area contributed by atoms with Gasteiger partial charge in [-0.3, -0.25) is 4.79 Å². The number of benzene rings is 1. The van der Waals surface area contributed by atoms with Crippen molar-refractivity contribution in [3.63, 3.8) is 0 Å². The van der Waals surface area contributed by atoms with Crippen molar-refractivity contribution in [3.8, 4) is 5.75 Å². The van der Waals surface area contributed by atoms with E-state index in [-0.39, 0.29) is 23.0 Å². The van der Waals surface area contributed by atoms with Gasteiger partial charge in [0, 0.05) is 19.6 Å². The molecule has 4 rings (SSSR count). The summed E-state index contributed by atoms with van der Waals surface area (Å²) in [5.41, 5.74) is 0.417. The van der Waals surface area contributed by atoms with E-state index in [1.807, 2.05) is 0 Å². The lowest BCUT2D eigenvalue weighted by molar-refractivity contribution is -0.254. The van der Waals surface area contributed by atoms with Crippen molar-refractivity contribution >= 4 is 11.9 Å². The molecule has 8 heteroatoms. The number of aliphatic hydroxyl groups is 1. The van der Waals surface area contributed by atoms with Gasteiger partial charge in [0.05, 0.1) is 17.1 Å². The summed E-state index contributed by atoms with van der Waals surface area (Å²) < 4.78 is 23.5. The highest BCUT2D eigenvalue weighted by Crippen LogP contribution is 2.67. The number of hydrogen-bond donors (Lipinski definition) is 2. The number of ether oxygens (including phenoxy) is 4. The Balaban J connectivity index is 1.80. The average molecular weight is 527 g/mol. The van der Waals surface area contributed by atoms with Gasteiger partial charge in [-0.05, 0) is 73.3 Å². The van der Waals surface area contributed by atoms with Crippen molar-refractivity contribution in [1.82, 2.24) is 0 Å². The molecule has 0 amide bonds. The molecule has 206 valence electrons. The molecule has 38 heavy (non-hydrogen) atoms. The first-order valence-electron chi connectivity index (χ1n) is 13.0. The second-order valence-corrected chi connectivity index (χ2v) is 11.0. The molecule has 1 spiro atoms. The number of carbonyl (C=O) groups is 2. The lowest BCUT2D eigenvalue weighted by Crippen LogP contribution is -2.63. The van der Waals surface area contributed by atoms with Crippen LogP contribution in [-0.2, 0) is 23.7 Å². The van der Waals surface area contributed by atoms with Gasteiger partial charge in [0.15, 0.2) is 6.29 Å². The number of esters is 2. The summed E-state index contributed by atoms with van der Waals surface area (Å²) in [7, 11) is 1.49. The monoisotopic (exact) mass is 526 g/mol. The first-order chi connectivity index (χ1) is 18.0. The highest BCUT2D eigenvalue weighted by Gasteiger charge is 2.70. The minimum Gasteiger partial charge on any atom is -0.508 e. The fourth-order valence-corrected chi connectivity index (χ4v) is 6.76. The van der Waals surface area contributed by atoms with Crippen LogP contribution in [0.5, 0.6) is 5.75 Å². The summed E-state index contributed by atoms with van der Waals surface area (Å²) in [5, 5.41) is 21.3. The molecule has 0 bridgehead atoms. The zero-order valence-corrected chi connectivity index (χ0v) is 22.5. The molecule has 8 atom stereocenters. The molecule has 2 aliphatic carbocycles. The molecule has 0 aromatic heterocycles. The summed E-state index contributed by atoms with van der Waals surface area (Å²) in [5.74, 6) is -1.19. The normalized spacial score (nSPS) is 35.9. The van der Waals surface area contributed by atoms with Gasteiger partial charge in [-0.1, -0.05) is 38.7 Å². The number of aromatic hydroxyl groups is 1. The lowest BCUT2D eigenvalue weighted by Gasteiger charge is -2.60. The maximum atomic E-state index is 13.0. The van der Waals surface area contributed by atoms with Gasteiger partial charge >= 0.3 is 11.9 Å². The van der Waals surface area contributed by atoms with E-state index in [0.29, 0.717) is 30.4 Å². The van der Waals surface area contributed by atoms with Crippen molar-refractivity contribution in [3.05, 3.63) is 66.3 Å². The Kier molecular flexibility index (Phi) is 7.89. The molecule has 0 radical (unpaired) electrons. The van der Waals surface area contributed by atoms with E-state index in [2.05, 4.69) is 27.0 Å². The molecule has 2 fully saturated rings. The molecular formula is C30H38O8. The van der Waals surface area contributed by atoms with Crippen molar-refractivity contribution in [2.75, 3.05) is 7.11 Å². The molecule has 2 N–H and O–H groups in total. The summed E-state index contributed by atoms with van der Waals surface area (Å²) in [6.07, 6.45) is 2.40. The Morgan fingerprint density at radius 1 is 1.21 bits per heavy atom. The number of phenols is 1. The zero-order chi connectivity index (χ0) is 27.8. The maximum Gasteiger partial charge on any atom is 0.338 e. The van der Waals surface area contributed by atoms with E-state index in [1.165, 1.54) is 38.3 Å². The molecule has 1 saturated carbocycles. The van der Waals surface area contributed by atoms with Crippen LogP contribution in [0, 0.1) is 22.7 Å². The first-order valence-corrected chi connectivity index (χ1v) is 13.0. The third kappa shape index (κ3) is 4.70. The van der Waals surface area contributed by atoms with Crippen molar-refractivity contribution in [1.29, 1.82) is 0 Å². The van der Waals surface area contributed by atoms with Gasteiger partial charge in [-0.25, -0.2) is 4.79 Å². The average Bonchev–Trinajstić information content (AvgIpc) is 3.19. The number of carbonyl (C=O) groups excluding carboxylic acids is 2. The van der Waals surface area contributed by atoms with Gasteiger partial charge < -0.3 is 29.2 Å². The largest absolute Gasteiger partial charge is 0.508 e. The van der Waals surface area contributed by atoms with Crippen LogP contribution in [0.15, 0.2) is 60.7 Å². The third-order valence-corrected chi connectivity index (χ3v) is 8.97. The smallest absolute Gasteiger partial charge is 0.338 e. The number of phenolic OH excluding ortho intramolecular Hbond substituents is 1. The quantitative estimate of drug-likeness (QED) is 0.286. The number of methoxy groups -OCH3 is 1. The molecule has 1 aliphatic heterocycles. The van der Waals surface area contributed by atoms with Gasteiger partial charge in [0.2, 0.25) is 6.29 Å². The van der Waals surface area contributed by atoms with Crippen molar-refractivity contribution < 1.29 is 38.7 Å². The highest BCUT2D eigenvalue weighted by atomic mass is 16.8. The summed E-state index contributed by atoms with van der Waals surface area (Å²) in [4.78, 5) is 25.2. The van der Waals surface area contributed by atoms with Crippen LogP contribution in [0.1, 0.15) is 56.8 Å². The van der Waals surface area contributed by atoms with Gasteiger partial charge in [0.25, 0.3) is 0 Å². The second kappa shape index (κ2) is 10.7. The molecular weight excluding hydrogens is 488 g/mol. The fourth-order valence-electron chi connectivity index (χ4n) is 6.76. The van der Waals surface area contributed by atoms with Crippen LogP contribution in [0.2, 0.25) is 0 Å². The zero-order valence-electron chi connectivity index (χ0n) is 22.5. The van der Waals surface area contributed by atoms with Gasteiger partial charge in [-0.15, -0.1) is 0 Å². The third-order valence-electron chi connectivity index (χ3n) is 8.97. The molecule has 8 unspecified atom stereocenters. The Labute approximate surface area is 223 Å². The minimum absolute atomic E-state index is 0.0516. The molecule has 1 saturated heterocycles. The molecule has 3 aliphatic rings. The van der Waals surface area contributed by atoms with Crippen LogP contribution in [0.3, 0.4) is 0 Å². The van der Waals surface area contributed by atoms with Gasteiger partial charge in [-0.2, -0.15) is 0 Å². The van der Waals surface area contributed by atoms with E-state index >= 15 is 0 Å². The molecule has 1 aromatic rings. The maximum absolute atomic E-state index is 13.0. The van der Waals surface area contributed by atoms with E-state index in [1.54, 1.807) is 12.2 Å². The number of hydrogen-bond acceptors (Lipinski definition) is 8. The van der Waals surface area contributed by atoms with E-state index < -0.39 is 42.1 Å². The number of allylic oxidation sites excluding steroid dienone is 2. The Morgan fingerprint density at radius 3 is 2.50 bits per heavy atom. The standard InChI is InChI=1S/C30H38O8/c1-7-17(2)12-13-29(5)18(3)14-25(33)30-23(27(35-6)38-28(30)36-19(4)31)15-22(16-24(29)30)37-26(34)20-8-10-21(32)11-9-20/h7-11,15,18,22,24-25,27-28,32-33H,1-2,12-14,16H2,3-6H3. The summed E-state index contributed by atoms with van der Waals surface area (Å²) in [6, 6.07) is 5.86. The first kappa shape index (κ1) is 28.1. The predicted molar refractivity (Wildman–Crippen MR) is 140 cm³/mol. The van der Waals surface area contributed by atoms with Crippen LogP contribution in [0.4, 0.5) is 0 Å². The Morgan fingerprint density at radius 2 is 1.89 bits per heavy atom. The number of aliphatic hydroxyl groups excluding tert-OH is 1. The summed E-state index contributed by atoms with van der Waals surface area (Å²) in [6.45, 7) is 13.5. The highest BCUT2D eigenvalue weighted by molar-refractivity contribution is 5.89. The van der Waals surface area contributed by atoms with E-state index in [4.69, 9.17) is 18.9 Å². The van der Waals surface area contributed by atoms with Crippen LogP contribution < -0.4 is 0 Å². The Hall–Kier alpha value is -2.94. The van der Waals surface area contributed by atoms with Gasteiger partial charge in [0.1, 0.15) is 11.9 Å². The van der Waals surface area contributed by atoms with E-state index in [9.17, 15) is 19.8 Å². The van der Waals surface area contributed by atoms with Crippen LogP contribution >= 0.6 is 0 Å². The second-order valence-electron chi connectivity index (χ2n) is 11.0. The predicted octanol–water partition coefficient (Wildman–Crippen LogP) is 4.67. The Bertz CT molecular complexity index is 1120. The van der Waals surface area contributed by atoms with Crippen molar-refractivity contribution in [2.24, 2.45) is 22.7 Å². The van der Waals surface area contributed by atoms with Crippen LogP contribution in [-0.4, -0.2) is 54.0 Å². The number of rotatable bonds is 8. The SMILES string of the molecule is C=CC(=C)CCC1(C)C(C)CC(O)C23C(=CC(OC(=O)c4ccc(O)cc4)CC12)C(OC)OC3OC(C)=O. The summed E-state index contributed by atoms with van der Waals surface area (Å²) >= 11 is 0. The van der Waals surface area contributed by atoms with E-state index in [0.717, 1.165) is 12.0 Å². The van der Waals surface area contributed by atoms with Crippen LogP contribution in [0.25, 0.3) is 0 Å². The van der Waals surface area contributed by atoms with Crippen molar-refractivity contribution in [2.45, 2.75) is 71.2 Å². The molecule has 1 aromatic carbocycles. The molecule has 1 heterocycles.